The maximum atomic E-state index is 10.7. The van der Waals surface area contributed by atoms with Gasteiger partial charge in [-0.25, -0.2) is 4.21 Å². The number of rotatable bonds is 1. The molecule has 13 heavy (non-hydrogen) atoms. The van der Waals surface area contributed by atoms with Crippen LogP contribution in [0.1, 0.15) is 6.92 Å². The fourth-order valence-electron chi connectivity index (χ4n) is 1.17. The highest BCUT2D eigenvalue weighted by molar-refractivity contribution is 7.79. The Hall–Kier alpha value is -1.07. The molecule has 0 aliphatic carbocycles. The third kappa shape index (κ3) is 1.52. The standard InChI is InChI=1S/C8H8O4S/c1-5-11-7-3-2-6(13(9)10)4-8(7)12-5/h2-5H,1H3,(H,9,10). The van der Waals surface area contributed by atoms with Gasteiger partial charge in [-0.05, 0) is 12.1 Å². The molecule has 0 spiro atoms. The third-order valence-electron chi connectivity index (χ3n) is 1.70. The predicted molar refractivity (Wildman–Crippen MR) is 46.2 cm³/mol. The van der Waals surface area contributed by atoms with Crippen molar-refractivity contribution in [3.63, 3.8) is 0 Å². The van der Waals surface area contributed by atoms with Crippen LogP contribution >= 0.6 is 0 Å². The summed E-state index contributed by atoms with van der Waals surface area (Å²) in [5.74, 6) is 1.13. The molecule has 1 heterocycles. The van der Waals surface area contributed by atoms with Gasteiger partial charge in [-0.2, -0.15) is 0 Å². The summed E-state index contributed by atoms with van der Waals surface area (Å²) in [6.45, 7) is 1.76. The molecule has 2 atom stereocenters. The van der Waals surface area contributed by atoms with Crippen molar-refractivity contribution in [2.24, 2.45) is 0 Å². The number of benzene rings is 1. The molecule has 4 nitrogen and oxygen atoms in total. The zero-order valence-corrected chi connectivity index (χ0v) is 7.71. The third-order valence-corrected chi connectivity index (χ3v) is 2.36. The van der Waals surface area contributed by atoms with Crippen LogP contribution in [0.15, 0.2) is 23.1 Å². The molecular weight excluding hydrogens is 192 g/mol. The second-order valence-corrected chi connectivity index (χ2v) is 3.63. The van der Waals surface area contributed by atoms with Crippen molar-refractivity contribution in [3.8, 4) is 11.5 Å². The summed E-state index contributed by atoms with van der Waals surface area (Å²) in [5, 5.41) is 0. The Morgan fingerprint density at radius 2 is 2.08 bits per heavy atom. The minimum atomic E-state index is -1.97. The molecule has 2 unspecified atom stereocenters. The van der Waals surface area contributed by atoms with Crippen molar-refractivity contribution < 1.29 is 18.2 Å². The van der Waals surface area contributed by atoms with Crippen LogP contribution in [-0.4, -0.2) is 15.1 Å². The maximum Gasteiger partial charge on any atom is 0.238 e. The van der Waals surface area contributed by atoms with Gasteiger partial charge in [0.2, 0.25) is 6.29 Å². The summed E-state index contributed by atoms with van der Waals surface area (Å²) in [7, 11) is 0. The molecule has 0 fully saturated rings. The molecule has 0 saturated carbocycles. The minimum Gasteiger partial charge on any atom is -0.451 e. The number of hydrogen-bond acceptors (Lipinski definition) is 3. The maximum absolute atomic E-state index is 10.7. The molecule has 1 aliphatic rings. The smallest absolute Gasteiger partial charge is 0.238 e. The fourth-order valence-corrected chi connectivity index (χ4v) is 1.56. The average molecular weight is 200 g/mol. The molecule has 1 N–H and O–H groups in total. The lowest BCUT2D eigenvalue weighted by atomic mass is 10.3. The van der Waals surface area contributed by atoms with Gasteiger partial charge in [-0.1, -0.05) is 0 Å². The van der Waals surface area contributed by atoms with E-state index in [0.717, 1.165) is 0 Å². The van der Waals surface area contributed by atoms with Crippen molar-refractivity contribution in [2.45, 2.75) is 18.1 Å². The van der Waals surface area contributed by atoms with Gasteiger partial charge in [0.05, 0.1) is 4.90 Å². The van der Waals surface area contributed by atoms with Gasteiger partial charge in [0.25, 0.3) is 0 Å². The molecule has 1 aromatic rings. The zero-order chi connectivity index (χ0) is 9.42. The van der Waals surface area contributed by atoms with E-state index in [-0.39, 0.29) is 6.29 Å². The number of hydrogen-bond donors (Lipinski definition) is 1. The highest BCUT2D eigenvalue weighted by Gasteiger charge is 2.20. The molecule has 0 aromatic heterocycles. The van der Waals surface area contributed by atoms with Gasteiger partial charge < -0.3 is 14.0 Å². The summed E-state index contributed by atoms with van der Waals surface area (Å²) >= 11 is -1.97. The van der Waals surface area contributed by atoms with E-state index in [4.69, 9.17) is 14.0 Å². The van der Waals surface area contributed by atoms with E-state index in [0.29, 0.717) is 16.4 Å². The van der Waals surface area contributed by atoms with Crippen molar-refractivity contribution in [1.29, 1.82) is 0 Å². The summed E-state index contributed by atoms with van der Waals surface area (Å²) in [5.41, 5.74) is 0. The van der Waals surface area contributed by atoms with Crippen molar-refractivity contribution in [1.82, 2.24) is 0 Å². The highest BCUT2D eigenvalue weighted by atomic mass is 32.2. The Balaban J connectivity index is 2.40. The van der Waals surface area contributed by atoms with Gasteiger partial charge in [-0.3, -0.25) is 0 Å². The molecule has 0 bridgehead atoms. The van der Waals surface area contributed by atoms with Crippen LogP contribution < -0.4 is 9.47 Å². The van der Waals surface area contributed by atoms with Gasteiger partial charge in [0.15, 0.2) is 22.6 Å². The molecule has 70 valence electrons. The molecule has 0 saturated heterocycles. The van der Waals surface area contributed by atoms with Crippen LogP contribution in [0.25, 0.3) is 0 Å². The second kappa shape index (κ2) is 3.01. The lowest BCUT2D eigenvalue weighted by molar-refractivity contribution is 0.0678. The first kappa shape index (κ1) is 8.52. The first-order valence-electron chi connectivity index (χ1n) is 3.75. The predicted octanol–water partition coefficient (Wildman–Crippen LogP) is 1.38. The van der Waals surface area contributed by atoms with Crippen LogP contribution in [0.2, 0.25) is 0 Å². The van der Waals surface area contributed by atoms with E-state index in [2.05, 4.69) is 0 Å². The summed E-state index contributed by atoms with van der Waals surface area (Å²) in [6.07, 6.45) is -0.322. The monoisotopic (exact) mass is 200 g/mol. The van der Waals surface area contributed by atoms with Crippen molar-refractivity contribution in [2.75, 3.05) is 0 Å². The van der Waals surface area contributed by atoms with Crippen molar-refractivity contribution >= 4 is 11.1 Å². The van der Waals surface area contributed by atoms with Gasteiger partial charge in [-0.15, -0.1) is 0 Å². The molecule has 1 aromatic carbocycles. The lowest BCUT2D eigenvalue weighted by Gasteiger charge is -1.99. The Morgan fingerprint density at radius 3 is 2.77 bits per heavy atom. The molecule has 0 radical (unpaired) electrons. The number of fused-ring (bicyclic) bond motifs is 1. The Labute approximate surface area is 77.8 Å². The van der Waals surface area contributed by atoms with Crippen LogP contribution in [-0.2, 0) is 11.1 Å². The first-order chi connectivity index (χ1) is 6.16. The molecular formula is C8H8O4S. The normalized spacial score (nSPS) is 21.5. The second-order valence-electron chi connectivity index (χ2n) is 2.66. The SMILES string of the molecule is CC1Oc2ccc(S(=O)O)cc2O1. The van der Waals surface area contributed by atoms with Crippen LogP contribution in [0.3, 0.4) is 0 Å². The summed E-state index contributed by atoms with van der Waals surface area (Å²) < 4.78 is 30.0. The van der Waals surface area contributed by atoms with E-state index in [9.17, 15) is 4.21 Å². The van der Waals surface area contributed by atoms with E-state index < -0.39 is 11.1 Å². The van der Waals surface area contributed by atoms with E-state index in [1.54, 1.807) is 13.0 Å². The Bertz CT molecular complexity index is 363. The minimum absolute atomic E-state index is 0.316. The highest BCUT2D eigenvalue weighted by Crippen LogP contribution is 2.35. The van der Waals surface area contributed by atoms with Crippen LogP contribution in [0.4, 0.5) is 0 Å². The molecule has 2 rings (SSSR count). The molecule has 0 amide bonds. The van der Waals surface area contributed by atoms with Crippen molar-refractivity contribution in [3.05, 3.63) is 18.2 Å². The summed E-state index contributed by atoms with van der Waals surface area (Å²) in [4.78, 5) is 0.316. The van der Waals surface area contributed by atoms with Crippen LogP contribution in [0, 0.1) is 0 Å². The molecule has 1 aliphatic heterocycles. The Morgan fingerprint density at radius 1 is 1.38 bits per heavy atom. The van der Waals surface area contributed by atoms with Gasteiger partial charge in [0, 0.05) is 13.0 Å². The fraction of sp³-hybridized carbons (Fsp3) is 0.250. The summed E-state index contributed by atoms with van der Waals surface area (Å²) in [6, 6.07) is 4.67. The lowest BCUT2D eigenvalue weighted by Crippen LogP contribution is -2.11. The van der Waals surface area contributed by atoms with E-state index in [1.165, 1.54) is 12.1 Å². The van der Waals surface area contributed by atoms with E-state index >= 15 is 0 Å². The first-order valence-corrected chi connectivity index (χ1v) is 4.86. The van der Waals surface area contributed by atoms with Gasteiger partial charge >= 0.3 is 0 Å². The molecule has 5 heteroatoms. The van der Waals surface area contributed by atoms with Gasteiger partial charge in [0.1, 0.15) is 0 Å². The quantitative estimate of drug-likeness (QED) is 0.696. The van der Waals surface area contributed by atoms with Crippen LogP contribution in [0.5, 0.6) is 11.5 Å². The average Bonchev–Trinajstić information content (AvgIpc) is 2.42. The zero-order valence-electron chi connectivity index (χ0n) is 6.89. The largest absolute Gasteiger partial charge is 0.451 e. The number of ether oxygens (including phenoxy) is 2. The Kier molecular flexibility index (Phi) is 1.97. The topological polar surface area (TPSA) is 55.8 Å². The van der Waals surface area contributed by atoms with E-state index in [1.807, 2.05) is 0 Å².